The quantitative estimate of drug-likeness (QED) is 0.867. The topological polar surface area (TPSA) is 49.4 Å². The Hall–Kier alpha value is -2.69. The average molecular weight is 354 g/mol. The van der Waals surface area contributed by atoms with E-state index in [0.29, 0.717) is 19.5 Å². The van der Waals surface area contributed by atoms with Crippen molar-refractivity contribution in [2.24, 2.45) is 5.92 Å². The standard InChI is InChI=1S/C21H23FN2O2/c1-2-15-4-3-5-19(12-15)24-14-17(13-20(24)25)21(26)23-11-10-16-6-8-18(22)9-7-16/h3-9,12,17H,2,10-11,13-14H2,1H3,(H,23,26). The van der Waals surface area contributed by atoms with E-state index in [4.69, 9.17) is 0 Å². The van der Waals surface area contributed by atoms with Crippen LogP contribution in [0.25, 0.3) is 0 Å². The van der Waals surface area contributed by atoms with Crippen LogP contribution in [0.2, 0.25) is 0 Å². The molecule has 1 aliphatic heterocycles. The highest BCUT2D eigenvalue weighted by molar-refractivity contribution is 6.00. The third-order valence-electron chi connectivity index (χ3n) is 4.75. The Morgan fingerprint density at radius 2 is 1.96 bits per heavy atom. The Morgan fingerprint density at radius 3 is 2.69 bits per heavy atom. The van der Waals surface area contributed by atoms with Gasteiger partial charge in [0.15, 0.2) is 0 Å². The second-order valence-electron chi connectivity index (χ2n) is 6.60. The van der Waals surface area contributed by atoms with Crippen LogP contribution in [0.1, 0.15) is 24.5 Å². The number of aryl methyl sites for hydroxylation is 1. The van der Waals surface area contributed by atoms with Crippen molar-refractivity contribution in [1.29, 1.82) is 0 Å². The predicted octanol–water partition coefficient (Wildman–Crippen LogP) is 3.10. The zero-order valence-electron chi connectivity index (χ0n) is 14.9. The third kappa shape index (κ3) is 4.28. The summed E-state index contributed by atoms with van der Waals surface area (Å²) in [5, 5.41) is 2.89. The minimum absolute atomic E-state index is 0.0167. The molecule has 1 N–H and O–H groups in total. The molecule has 1 heterocycles. The van der Waals surface area contributed by atoms with Crippen LogP contribution in [0.15, 0.2) is 48.5 Å². The molecule has 2 aromatic rings. The SMILES string of the molecule is CCc1cccc(N2CC(C(=O)NCCc3ccc(F)cc3)CC2=O)c1. The largest absolute Gasteiger partial charge is 0.355 e. The van der Waals surface area contributed by atoms with E-state index in [0.717, 1.165) is 17.7 Å². The molecule has 2 amide bonds. The highest BCUT2D eigenvalue weighted by Crippen LogP contribution is 2.26. The second-order valence-corrected chi connectivity index (χ2v) is 6.60. The summed E-state index contributed by atoms with van der Waals surface area (Å²) in [5.74, 6) is -0.720. The van der Waals surface area contributed by atoms with Crippen LogP contribution in [-0.4, -0.2) is 24.9 Å². The van der Waals surface area contributed by atoms with E-state index in [1.165, 1.54) is 17.7 Å². The fourth-order valence-electron chi connectivity index (χ4n) is 3.20. The van der Waals surface area contributed by atoms with E-state index in [9.17, 15) is 14.0 Å². The highest BCUT2D eigenvalue weighted by atomic mass is 19.1. The molecule has 1 unspecified atom stereocenters. The normalized spacial score (nSPS) is 16.8. The minimum atomic E-state index is -0.332. The first-order valence-corrected chi connectivity index (χ1v) is 8.98. The molecular formula is C21H23FN2O2. The maximum atomic E-state index is 12.9. The molecular weight excluding hydrogens is 331 g/mol. The van der Waals surface area contributed by atoms with Crippen molar-refractivity contribution in [2.45, 2.75) is 26.2 Å². The number of anilines is 1. The number of carbonyl (C=O) groups is 2. The van der Waals surface area contributed by atoms with Crippen molar-refractivity contribution < 1.29 is 14.0 Å². The van der Waals surface area contributed by atoms with Gasteiger partial charge in [-0.05, 0) is 48.2 Å². The van der Waals surface area contributed by atoms with Crippen LogP contribution in [0.4, 0.5) is 10.1 Å². The molecule has 0 spiro atoms. The maximum absolute atomic E-state index is 12.9. The number of nitrogens with one attached hydrogen (secondary N) is 1. The Labute approximate surface area is 153 Å². The number of hydrogen-bond acceptors (Lipinski definition) is 2. The number of nitrogens with zero attached hydrogens (tertiary/aromatic N) is 1. The molecule has 136 valence electrons. The van der Waals surface area contributed by atoms with Crippen molar-refractivity contribution in [2.75, 3.05) is 18.0 Å². The summed E-state index contributed by atoms with van der Waals surface area (Å²) in [6, 6.07) is 14.1. The number of halogens is 1. The molecule has 0 bridgehead atoms. The van der Waals surface area contributed by atoms with Crippen molar-refractivity contribution in [1.82, 2.24) is 5.32 Å². The van der Waals surface area contributed by atoms with Gasteiger partial charge in [-0.25, -0.2) is 4.39 Å². The maximum Gasteiger partial charge on any atom is 0.227 e. The molecule has 0 saturated carbocycles. The summed E-state index contributed by atoms with van der Waals surface area (Å²) >= 11 is 0. The molecule has 2 aromatic carbocycles. The fraction of sp³-hybridized carbons (Fsp3) is 0.333. The molecule has 1 aliphatic rings. The lowest BCUT2D eigenvalue weighted by atomic mass is 10.1. The fourth-order valence-corrected chi connectivity index (χ4v) is 3.20. The van der Waals surface area contributed by atoms with Gasteiger partial charge in [0, 0.05) is 25.2 Å². The minimum Gasteiger partial charge on any atom is -0.355 e. The molecule has 26 heavy (non-hydrogen) atoms. The molecule has 0 radical (unpaired) electrons. The Bertz CT molecular complexity index is 789. The Balaban J connectivity index is 1.54. The van der Waals surface area contributed by atoms with Crippen LogP contribution in [0.3, 0.4) is 0 Å². The predicted molar refractivity (Wildman–Crippen MR) is 99.4 cm³/mol. The summed E-state index contributed by atoms with van der Waals surface area (Å²) < 4.78 is 12.9. The first-order valence-electron chi connectivity index (χ1n) is 8.98. The van der Waals surface area contributed by atoms with Crippen LogP contribution in [0, 0.1) is 11.7 Å². The first-order chi connectivity index (χ1) is 12.6. The van der Waals surface area contributed by atoms with Crippen molar-refractivity contribution in [3.8, 4) is 0 Å². The smallest absolute Gasteiger partial charge is 0.227 e. The Morgan fingerprint density at radius 1 is 1.19 bits per heavy atom. The van der Waals surface area contributed by atoms with Gasteiger partial charge in [0.05, 0.1) is 5.92 Å². The molecule has 0 aliphatic carbocycles. The van der Waals surface area contributed by atoms with Gasteiger partial charge >= 0.3 is 0 Å². The van der Waals surface area contributed by atoms with E-state index in [-0.39, 0.29) is 30.0 Å². The zero-order valence-corrected chi connectivity index (χ0v) is 14.9. The van der Waals surface area contributed by atoms with Gasteiger partial charge in [0.2, 0.25) is 11.8 Å². The van der Waals surface area contributed by atoms with Crippen LogP contribution in [-0.2, 0) is 22.4 Å². The lowest BCUT2D eigenvalue weighted by molar-refractivity contribution is -0.126. The van der Waals surface area contributed by atoms with Crippen molar-refractivity contribution >= 4 is 17.5 Å². The van der Waals surface area contributed by atoms with Crippen LogP contribution >= 0.6 is 0 Å². The lowest BCUT2D eigenvalue weighted by Crippen LogP contribution is -2.34. The molecule has 1 atom stereocenters. The lowest BCUT2D eigenvalue weighted by Gasteiger charge is -2.17. The molecule has 1 saturated heterocycles. The summed E-state index contributed by atoms with van der Waals surface area (Å²) in [5.41, 5.74) is 2.99. The average Bonchev–Trinajstić information content (AvgIpc) is 3.05. The number of rotatable bonds is 6. The van der Waals surface area contributed by atoms with E-state index in [1.807, 2.05) is 24.3 Å². The number of benzene rings is 2. The van der Waals surface area contributed by atoms with Crippen molar-refractivity contribution in [3.05, 3.63) is 65.5 Å². The molecule has 4 nitrogen and oxygen atoms in total. The number of carbonyl (C=O) groups excluding carboxylic acids is 2. The summed E-state index contributed by atoms with van der Waals surface area (Å²) in [6.07, 6.45) is 1.77. The van der Waals surface area contributed by atoms with E-state index < -0.39 is 0 Å². The third-order valence-corrected chi connectivity index (χ3v) is 4.75. The molecule has 3 rings (SSSR count). The molecule has 5 heteroatoms. The van der Waals surface area contributed by atoms with Crippen LogP contribution < -0.4 is 10.2 Å². The van der Waals surface area contributed by atoms with Crippen molar-refractivity contribution in [3.63, 3.8) is 0 Å². The van der Waals surface area contributed by atoms with Gasteiger partial charge in [-0.2, -0.15) is 0 Å². The van der Waals surface area contributed by atoms with Gasteiger partial charge < -0.3 is 10.2 Å². The zero-order chi connectivity index (χ0) is 18.5. The van der Waals surface area contributed by atoms with Gasteiger partial charge in [0.1, 0.15) is 5.82 Å². The van der Waals surface area contributed by atoms with Crippen LogP contribution in [0.5, 0.6) is 0 Å². The molecule has 1 fully saturated rings. The second kappa shape index (κ2) is 8.13. The summed E-state index contributed by atoms with van der Waals surface area (Å²) in [4.78, 5) is 26.4. The van der Waals surface area contributed by atoms with Gasteiger partial charge in [-0.3, -0.25) is 9.59 Å². The summed E-state index contributed by atoms with van der Waals surface area (Å²) in [6.45, 7) is 2.96. The van der Waals surface area contributed by atoms with E-state index in [2.05, 4.69) is 12.2 Å². The first kappa shape index (κ1) is 18.1. The Kier molecular flexibility index (Phi) is 5.66. The number of hydrogen-bond donors (Lipinski definition) is 1. The monoisotopic (exact) mass is 354 g/mol. The van der Waals surface area contributed by atoms with Gasteiger partial charge in [-0.1, -0.05) is 31.2 Å². The van der Waals surface area contributed by atoms with E-state index in [1.54, 1.807) is 17.0 Å². The number of amides is 2. The summed E-state index contributed by atoms with van der Waals surface area (Å²) in [7, 11) is 0. The molecule has 0 aromatic heterocycles. The van der Waals surface area contributed by atoms with Gasteiger partial charge in [-0.15, -0.1) is 0 Å². The van der Waals surface area contributed by atoms with Gasteiger partial charge in [0.25, 0.3) is 0 Å². The van der Waals surface area contributed by atoms with E-state index >= 15 is 0 Å². The highest BCUT2D eigenvalue weighted by Gasteiger charge is 2.34.